The molecule has 94 valence electrons. The number of carbonyl (C=O) groups is 1. The normalized spacial score (nSPS) is 13.6. The molecule has 0 spiro atoms. The second-order valence-corrected chi connectivity index (χ2v) is 4.96. The van der Waals surface area contributed by atoms with Crippen LogP contribution in [0.4, 0.5) is 0 Å². The number of hydrogen-bond acceptors (Lipinski definition) is 2. The minimum Gasteiger partial charge on any atom is -0.282 e. The highest BCUT2D eigenvalue weighted by Gasteiger charge is 2.07. The maximum absolute atomic E-state index is 11.9. The summed E-state index contributed by atoms with van der Waals surface area (Å²) < 4.78 is 0. The van der Waals surface area contributed by atoms with E-state index < -0.39 is 0 Å². The molecule has 0 heterocycles. The van der Waals surface area contributed by atoms with Gasteiger partial charge in [0, 0.05) is 11.3 Å². The number of carbonyl (C=O) groups excluding carboxylic acids is 1. The van der Waals surface area contributed by atoms with Crippen molar-refractivity contribution in [1.29, 1.82) is 0 Å². The zero-order chi connectivity index (χ0) is 13.1. The molecule has 0 saturated carbocycles. The van der Waals surface area contributed by atoms with E-state index in [1.807, 2.05) is 0 Å². The first-order valence-corrected chi connectivity index (χ1v) is 6.93. The topological polar surface area (TPSA) is 17.1 Å². The summed E-state index contributed by atoms with van der Waals surface area (Å²) in [5.41, 5.74) is 0.675. The van der Waals surface area contributed by atoms with Gasteiger partial charge in [0.1, 0.15) is 0 Å². The van der Waals surface area contributed by atoms with Gasteiger partial charge in [0.05, 0.1) is 0 Å². The lowest BCUT2D eigenvalue weighted by atomic mass is 10.1. The largest absolute Gasteiger partial charge is 0.282 e. The molecule has 0 radical (unpaired) electrons. The summed E-state index contributed by atoms with van der Waals surface area (Å²) in [6.45, 7) is 11.6. The van der Waals surface area contributed by atoms with Gasteiger partial charge in [-0.1, -0.05) is 75.6 Å². The van der Waals surface area contributed by atoms with Crippen LogP contribution < -0.4 is 0 Å². The van der Waals surface area contributed by atoms with Gasteiger partial charge >= 0.3 is 0 Å². The fourth-order valence-corrected chi connectivity index (χ4v) is 2.14. The van der Waals surface area contributed by atoms with Crippen LogP contribution in [0.1, 0.15) is 26.7 Å². The highest BCUT2D eigenvalue weighted by Crippen LogP contribution is 2.17. The number of hydrogen-bond donors (Lipinski definition) is 0. The number of allylic oxidation sites excluding steroid dienone is 5. The van der Waals surface area contributed by atoms with E-state index in [-0.39, 0.29) is 5.12 Å². The van der Waals surface area contributed by atoms with Crippen LogP contribution in [0.2, 0.25) is 0 Å². The number of thioether (sulfide) groups is 1. The second-order valence-electron chi connectivity index (χ2n) is 3.89. The third-order valence-corrected chi connectivity index (χ3v) is 3.42. The van der Waals surface area contributed by atoms with Crippen molar-refractivity contribution in [3.05, 3.63) is 49.1 Å². The fourth-order valence-electron chi connectivity index (χ4n) is 1.13. The van der Waals surface area contributed by atoms with Gasteiger partial charge < -0.3 is 0 Å². The molecule has 17 heavy (non-hydrogen) atoms. The van der Waals surface area contributed by atoms with Crippen LogP contribution in [0, 0.1) is 5.92 Å². The maximum atomic E-state index is 11.9. The SMILES string of the molecule is C=C/C=C\C(=C/C=C)C(=O)SCCC(C)CC. The lowest BCUT2D eigenvalue weighted by Crippen LogP contribution is -1.99. The van der Waals surface area contributed by atoms with E-state index in [1.165, 1.54) is 18.2 Å². The van der Waals surface area contributed by atoms with Gasteiger partial charge in [0.15, 0.2) is 0 Å². The van der Waals surface area contributed by atoms with E-state index in [1.54, 1.807) is 30.4 Å². The van der Waals surface area contributed by atoms with Crippen LogP contribution in [-0.4, -0.2) is 10.9 Å². The van der Waals surface area contributed by atoms with Gasteiger partial charge in [0.2, 0.25) is 5.12 Å². The summed E-state index contributed by atoms with van der Waals surface area (Å²) >= 11 is 1.38. The van der Waals surface area contributed by atoms with Gasteiger partial charge in [-0.3, -0.25) is 4.79 Å². The molecule has 0 aliphatic carbocycles. The average molecular weight is 250 g/mol. The third-order valence-electron chi connectivity index (χ3n) is 2.49. The van der Waals surface area contributed by atoms with E-state index in [0.29, 0.717) is 11.5 Å². The van der Waals surface area contributed by atoms with Crippen molar-refractivity contribution < 1.29 is 4.79 Å². The van der Waals surface area contributed by atoms with Crippen molar-refractivity contribution >= 4 is 16.9 Å². The average Bonchev–Trinajstić information content (AvgIpc) is 2.33. The summed E-state index contributed by atoms with van der Waals surface area (Å²) in [6.07, 6.45) is 10.8. The molecular formula is C15H22OS. The van der Waals surface area contributed by atoms with Gasteiger partial charge in [-0.2, -0.15) is 0 Å². The Kier molecular flexibility index (Phi) is 9.55. The van der Waals surface area contributed by atoms with Crippen molar-refractivity contribution in [2.75, 3.05) is 5.75 Å². The maximum Gasteiger partial charge on any atom is 0.219 e. The molecule has 0 aliphatic heterocycles. The van der Waals surface area contributed by atoms with Crippen molar-refractivity contribution in [3.8, 4) is 0 Å². The molecule has 0 aromatic heterocycles. The van der Waals surface area contributed by atoms with E-state index in [2.05, 4.69) is 27.0 Å². The molecule has 1 nitrogen and oxygen atoms in total. The highest BCUT2D eigenvalue weighted by molar-refractivity contribution is 8.14. The Hall–Kier alpha value is -1.02. The van der Waals surface area contributed by atoms with Crippen molar-refractivity contribution in [2.45, 2.75) is 26.7 Å². The minimum absolute atomic E-state index is 0.103. The third kappa shape index (κ3) is 7.81. The van der Waals surface area contributed by atoms with Crippen LogP contribution in [0.25, 0.3) is 0 Å². The smallest absolute Gasteiger partial charge is 0.219 e. The predicted octanol–water partition coefficient (Wildman–Crippen LogP) is 4.54. The van der Waals surface area contributed by atoms with Crippen molar-refractivity contribution in [2.24, 2.45) is 5.92 Å². The van der Waals surface area contributed by atoms with Crippen molar-refractivity contribution in [3.63, 3.8) is 0 Å². The Bertz CT molecular complexity index is 313. The Balaban J connectivity index is 4.25. The highest BCUT2D eigenvalue weighted by atomic mass is 32.2. The van der Waals surface area contributed by atoms with Crippen molar-refractivity contribution in [1.82, 2.24) is 0 Å². The molecule has 0 amide bonds. The van der Waals surface area contributed by atoms with E-state index >= 15 is 0 Å². The first-order chi connectivity index (χ1) is 8.15. The Morgan fingerprint density at radius 1 is 1.35 bits per heavy atom. The standard InChI is InChI=1S/C15H22OS/c1-5-8-10-14(9-6-2)15(16)17-12-11-13(4)7-3/h5-6,8-10,13H,1-2,7,11-12H2,3-4H3/b10-8-,14-9+. The molecule has 0 aliphatic rings. The van der Waals surface area contributed by atoms with Gasteiger partial charge in [0.25, 0.3) is 0 Å². The lowest BCUT2D eigenvalue weighted by Gasteiger charge is -2.06. The monoisotopic (exact) mass is 250 g/mol. The summed E-state index contributed by atoms with van der Waals surface area (Å²) in [4.78, 5) is 11.9. The summed E-state index contributed by atoms with van der Waals surface area (Å²) in [5.74, 6) is 1.57. The Morgan fingerprint density at radius 2 is 2.06 bits per heavy atom. The minimum atomic E-state index is 0.103. The van der Waals surface area contributed by atoms with Crippen LogP contribution in [-0.2, 0) is 4.79 Å². The first kappa shape index (κ1) is 16.0. The molecule has 0 aromatic rings. The molecule has 0 bridgehead atoms. The predicted molar refractivity (Wildman–Crippen MR) is 79.2 cm³/mol. The second kappa shape index (κ2) is 10.2. The van der Waals surface area contributed by atoms with E-state index in [0.717, 1.165) is 12.2 Å². The van der Waals surface area contributed by atoms with E-state index in [9.17, 15) is 4.79 Å². The van der Waals surface area contributed by atoms with Gasteiger partial charge in [-0.25, -0.2) is 0 Å². The zero-order valence-electron chi connectivity index (χ0n) is 10.8. The quantitative estimate of drug-likeness (QED) is 0.465. The van der Waals surface area contributed by atoms with Gasteiger partial charge in [-0.15, -0.1) is 0 Å². The molecule has 0 aromatic carbocycles. The summed E-state index contributed by atoms with van der Waals surface area (Å²) in [7, 11) is 0. The summed E-state index contributed by atoms with van der Waals surface area (Å²) in [5, 5.41) is 0.103. The molecule has 0 rings (SSSR count). The summed E-state index contributed by atoms with van der Waals surface area (Å²) in [6, 6.07) is 0. The fraction of sp³-hybridized carbons (Fsp3) is 0.400. The molecule has 0 N–H and O–H groups in total. The van der Waals surface area contributed by atoms with Crippen LogP contribution in [0.15, 0.2) is 49.1 Å². The molecule has 2 heteroatoms. The van der Waals surface area contributed by atoms with Crippen LogP contribution in [0.5, 0.6) is 0 Å². The zero-order valence-corrected chi connectivity index (χ0v) is 11.6. The molecular weight excluding hydrogens is 228 g/mol. The molecule has 0 saturated heterocycles. The van der Waals surface area contributed by atoms with Gasteiger partial charge in [-0.05, 0) is 12.3 Å². The first-order valence-electron chi connectivity index (χ1n) is 5.94. The Labute approximate surface area is 109 Å². The lowest BCUT2D eigenvalue weighted by molar-refractivity contribution is -0.107. The molecule has 0 fully saturated rings. The van der Waals surface area contributed by atoms with E-state index in [4.69, 9.17) is 0 Å². The molecule has 1 unspecified atom stereocenters. The molecule has 1 atom stereocenters. The van der Waals surface area contributed by atoms with Crippen LogP contribution in [0.3, 0.4) is 0 Å². The number of rotatable bonds is 8. The Morgan fingerprint density at radius 3 is 2.59 bits per heavy atom. The van der Waals surface area contributed by atoms with Crippen LogP contribution >= 0.6 is 11.8 Å².